The Morgan fingerprint density at radius 2 is 0.438 bits per heavy atom. The first-order valence-corrected chi connectivity index (χ1v) is 37.1. The van der Waals surface area contributed by atoms with Crippen molar-refractivity contribution in [2.75, 3.05) is 0 Å². The topological polar surface area (TPSA) is 259 Å². The van der Waals surface area contributed by atoms with Crippen molar-refractivity contribution in [3.8, 4) is 40.2 Å². The van der Waals surface area contributed by atoms with Gasteiger partial charge in [-0.2, -0.15) is 0 Å². The first kappa shape index (κ1) is 109. The second-order valence-electron chi connectivity index (χ2n) is 26.6. The maximum atomic E-state index is 11.5. The van der Waals surface area contributed by atoms with E-state index in [-0.39, 0.29) is 172 Å². The van der Waals surface area contributed by atoms with Crippen LogP contribution in [0.5, 0.6) is 40.2 Å². The minimum absolute atomic E-state index is 0. The van der Waals surface area contributed by atoms with Crippen LogP contribution in [0.4, 0.5) is 39.8 Å². The van der Waals surface area contributed by atoms with Crippen molar-refractivity contribution in [1.29, 1.82) is 0 Å². The molecule has 0 aliphatic carbocycles. The van der Waals surface area contributed by atoms with E-state index >= 15 is 0 Å². The predicted molar refractivity (Wildman–Crippen MR) is 490 cm³/mol. The van der Waals surface area contributed by atoms with E-state index in [0.717, 1.165) is 50.9 Å². The molecule has 14 nitrogen and oxygen atoms in total. The first-order valence-electron chi connectivity index (χ1n) is 37.1. The Kier molecular flexibility index (Phi) is 53.2. The third kappa shape index (κ3) is 38.9. The monoisotopic (exact) mass is 1550 g/mol. The van der Waals surface area contributed by atoms with Crippen molar-refractivity contribution in [1.82, 2.24) is 0 Å². The SMILES string of the molecule is Cc1ccc(C)c([NH+]=Cc2ccccc2[O-])c1.Cc1ccc([NH+]=Cc2ccccc2[O-])c(C)c1.Cc1ccc([NH+]=Cc2ccccc2[O-])cc1.Cc1cccc([NH+]=Cc2ccccc2[O-])c1.Cc1cccc([NH+]=Cc2ccccc2[O-])c1C.Cc1ccccc1[NH+]=Cc1ccccc1[O-].[Li-].[Li-].[Li-].[Li-].[Li-].[Li-].[Li-].[O-]c1ccccc1C=[NH+]c1ccccc1. The molecule has 586 valence electrons. The van der Waals surface area contributed by atoms with Crippen molar-refractivity contribution in [2.24, 2.45) is 0 Å². The van der Waals surface area contributed by atoms with Crippen LogP contribution in [-0.2, 0) is 0 Å². The second kappa shape index (κ2) is 59.3. The van der Waals surface area contributed by atoms with Crippen molar-refractivity contribution < 1.29 is 70.7 Å². The standard InChI is InChI=1S/3C15H15NO.3C14H13NO.C13H11NO.7Li/c1-11-6-5-8-14(12(11)2)16-10-13-7-3-4-9-15(13)17;1-11-7-8-14(12(2)9-11)16-10-13-5-3-4-6-15(13)17;1-11-7-8-12(2)14(9-11)16-10-13-5-3-4-6-15(13)17;1-11-6-2-4-8-13(11)15-10-12-7-3-5-9-14(12)16;1-11-5-4-7-13(9-11)15-10-12-6-2-3-8-14(12)16;1-11-6-8-13(9-7-11)15-10-12-4-2-3-5-14(12)16;15-13-9-5-4-6-11(13)10-14-12-7-2-1-3-8-12;;;;;;;/h3*3-10,17H,1-2H3;3*2-10,16H,1H3;1-10,15H;;;;;;;/q;;;;;;;7*-1. The molecular weight excluding hydrogens is 1460 g/mol. The number of para-hydroxylation sites is 9. The molecule has 0 aliphatic heterocycles. The fourth-order valence-corrected chi connectivity index (χ4v) is 10.7. The summed E-state index contributed by atoms with van der Waals surface area (Å²) >= 11 is 0. The quantitative estimate of drug-likeness (QED) is 0.0615. The number of rotatable bonds is 14. The zero-order valence-electron chi connectivity index (χ0n) is 72.6. The van der Waals surface area contributed by atoms with Crippen LogP contribution in [-0.4, -0.2) is 176 Å². The van der Waals surface area contributed by atoms with Crippen molar-refractivity contribution >= 4 is 215 Å². The molecule has 0 aliphatic rings. The van der Waals surface area contributed by atoms with E-state index in [9.17, 15) is 35.7 Å². The Morgan fingerprint density at radius 3 is 0.826 bits per heavy atom. The zero-order valence-corrected chi connectivity index (χ0v) is 72.6. The smallest absolute Gasteiger partial charge is 0.206 e. The van der Waals surface area contributed by atoms with Gasteiger partial charge in [0.05, 0.1) is 0 Å². The molecule has 14 aromatic carbocycles. The average Bonchev–Trinajstić information content (AvgIpc) is 0.874. The normalized spacial score (nSPS) is 10.2. The Hall–Kier alpha value is -10.4. The molecular formula is C100H95Li7N7O7-7. The molecule has 7 N–H and O–H groups in total. The number of aryl methyl sites for hydroxylation is 8. The van der Waals surface area contributed by atoms with Gasteiger partial charge in [0, 0.05) is 122 Å². The summed E-state index contributed by atoms with van der Waals surface area (Å²) in [7, 11) is 0. The predicted octanol–water partition coefficient (Wildman–Crippen LogP) is 4.25. The van der Waals surface area contributed by atoms with Gasteiger partial charge < -0.3 is 168 Å². The van der Waals surface area contributed by atoms with Crippen LogP contribution < -0.4 is 70.7 Å². The molecule has 14 radical (unpaired) electrons. The average molecular weight is 1560 g/mol. The molecule has 121 heavy (non-hydrogen) atoms. The van der Waals surface area contributed by atoms with E-state index in [1.807, 2.05) is 211 Å². The molecule has 0 saturated carbocycles. The van der Waals surface area contributed by atoms with Gasteiger partial charge in [0.1, 0.15) is 0 Å². The van der Waals surface area contributed by atoms with E-state index in [4.69, 9.17) is 0 Å². The van der Waals surface area contributed by atoms with Crippen LogP contribution >= 0.6 is 0 Å². The Balaban J connectivity index is 0.000000699. The maximum Gasteiger partial charge on any atom is 0.206 e. The summed E-state index contributed by atoms with van der Waals surface area (Å²) in [6.45, 7) is 18.4. The molecule has 0 atom stereocenters. The summed E-state index contributed by atoms with van der Waals surface area (Å²) in [5.41, 5.74) is 22.5. The largest absolute Gasteiger partial charge is 1.00 e. The minimum Gasteiger partial charge on any atom is -1.00 e. The van der Waals surface area contributed by atoms with Gasteiger partial charge in [0.25, 0.3) is 0 Å². The summed E-state index contributed by atoms with van der Waals surface area (Å²) in [5.74, 6) is 0.217. The summed E-state index contributed by atoms with van der Waals surface area (Å²) in [6.07, 6.45) is 12.2. The van der Waals surface area contributed by atoms with Crippen LogP contribution in [0.25, 0.3) is 0 Å². The number of hydrogen-bond donors (Lipinski definition) is 7. The first-order chi connectivity index (χ1) is 55.2. The van der Waals surface area contributed by atoms with Gasteiger partial charge in [-0.05, 0) is 128 Å². The summed E-state index contributed by atoms with van der Waals surface area (Å²) < 4.78 is 0. The van der Waals surface area contributed by atoms with Gasteiger partial charge in [-0.3, -0.25) is 0 Å². The molecule has 14 aromatic rings. The minimum atomic E-state index is 0. The Bertz CT molecular complexity index is 5550. The van der Waals surface area contributed by atoms with E-state index in [1.54, 1.807) is 171 Å². The molecule has 21 heteroatoms. The third-order valence-electron chi connectivity index (χ3n) is 17.5. The van der Waals surface area contributed by atoms with Crippen LogP contribution in [0.15, 0.2) is 328 Å². The molecule has 0 amide bonds. The fraction of sp³-hybridized carbons (Fsp3) is 0.0900. The third-order valence-corrected chi connectivity index (χ3v) is 17.5. The molecule has 0 spiro atoms. The van der Waals surface area contributed by atoms with Gasteiger partial charge in [-0.25, -0.2) is 34.9 Å². The van der Waals surface area contributed by atoms with Crippen LogP contribution in [0.3, 0.4) is 0 Å². The van der Waals surface area contributed by atoms with E-state index in [2.05, 4.69) is 86.0 Å². The van der Waals surface area contributed by atoms with Gasteiger partial charge in [-0.15, -0.1) is 0 Å². The maximum absolute atomic E-state index is 11.5. The summed E-state index contributed by atoms with van der Waals surface area (Å²) in [4.78, 5) is 22.0. The zero-order chi connectivity index (χ0) is 81.4. The molecule has 14 rings (SSSR count). The van der Waals surface area contributed by atoms with Crippen LogP contribution in [0.1, 0.15) is 89.0 Å². The summed E-state index contributed by atoms with van der Waals surface area (Å²) in [6, 6.07) is 101. The Morgan fingerprint density at radius 1 is 0.174 bits per heavy atom. The molecule has 0 saturated heterocycles. The molecule has 0 heterocycles. The van der Waals surface area contributed by atoms with Gasteiger partial charge in [0.2, 0.25) is 39.8 Å². The van der Waals surface area contributed by atoms with E-state index < -0.39 is 0 Å². The van der Waals surface area contributed by atoms with Gasteiger partial charge >= 0.3 is 0 Å². The number of benzene rings is 14. The van der Waals surface area contributed by atoms with Gasteiger partial charge in [-0.1, -0.05) is 270 Å². The molecule has 0 unspecified atom stereocenters. The number of nitrogens with one attached hydrogen (secondary N) is 7. The van der Waals surface area contributed by atoms with Crippen molar-refractivity contribution in [3.05, 3.63) is 417 Å². The van der Waals surface area contributed by atoms with Crippen molar-refractivity contribution in [3.63, 3.8) is 0 Å². The van der Waals surface area contributed by atoms with Gasteiger partial charge in [0.15, 0.2) is 43.5 Å². The second-order valence-corrected chi connectivity index (χ2v) is 26.6. The Labute approximate surface area is 797 Å². The van der Waals surface area contributed by atoms with E-state index in [1.165, 1.54) is 38.9 Å². The molecule has 0 bridgehead atoms. The fourth-order valence-electron chi connectivity index (χ4n) is 10.7. The molecule has 0 fully saturated rings. The van der Waals surface area contributed by atoms with Crippen LogP contribution in [0.2, 0.25) is 0 Å². The van der Waals surface area contributed by atoms with E-state index in [0.29, 0.717) is 38.9 Å². The molecule has 0 aromatic heterocycles. The van der Waals surface area contributed by atoms with Crippen LogP contribution in [0, 0.1) is 62.3 Å². The van der Waals surface area contributed by atoms with Crippen molar-refractivity contribution in [2.45, 2.75) is 62.3 Å². The number of hydrogen-bond acceptors (Lipinski definition) is 7. The summed E-state index contributed by atoms with van der Waals surface area (Å²) in [5, 5.41) is 80.2.